The van der Waals surface area contributed by atoms with Crippen molar-refractivity contribution >= 4 is 11.0 Å². The Hall–Kier alpha value is -2.47. The lowest BCUT2D eigenvalue weighted by Crippen LogP contribution is -2.38. The van der Waals surface area contributed by atoms with E-state index in [4.69, 9.17) is 4.74 Å². The third-order valence-corrected chi connectivity index (χ3v) is 4.68. The third-order valence-electron chi connectivity index (χ3n) is 4.68. The van der Waals surface area contributed by atoms with Crippen molar-refractivity contribution in [1.29, 1.82) is 0 Å². The number of aromatic amines is 1. The number of H-pyrrole nitrogens is 1. The normalized spacial score (nSPS) is 16.4. The van der Waals surface area contributed by atoms with Crippen LogP contribution in [0.4, 0.5) is 4.39 Å². The summed E-state index contributed by atoms with van der Waals surface area (Å²) in [4.78, 5) is 14.0. The average molecular weight is 340 g/mol. The second kappa shape index (κ2) is 6.80. The van der Waals surface area contributed by atoms with E-state index in [0.29, 0.717) is 12.1 Å². The number of nitrogens with zero attached hydrogens (tertiary/aromatic N) is 3. The van der Waals surface area contributed by atoms with Crippen LogP contribution in [0.25, 0.3) is 11.0 Å². The molecule has 5 nitrogen and oxygen atoms in total. The van der Waals surface area contributed by atoms with Crippen LogP contribution in [0.1, 0.15) is 24.2 Å². The number of benzene rings is 1. The molecule has 1 fully saturated rings. The van der Waals surface area contributed by atoms with Crippen LogP contribution in [-0.4, -0.2) is 39.0 Å². The molecular formula is C19H21FN4O. The summed E-state index contributed by atoms with van der Waals surface area (Å²) in [5.41, 5.74) is 2.24. The molecule has 0 spiro atoms. The molecule has 3 heterocycles. The maximum Gasteiger partial charge on any atom is 0.151 e. The maximum absolute atomic E-state index is 13.8. The molecule has 0 unspecified atom stereocenters. The zero-order chi connectivity index (χ0) is 17.2. The fourth-order valence-corrected chi connectivity index (χ4v) is 3.29. The minimum atomic E-state index is -0.278. The number of aromatic nitrogens is 3. The summed E-state index contributed by atoms with van der Waals surface area (Å²) in [5, 5.41) is 0. The summed E-state index contributed by atoms with van der Waals surface area (Å²) in [6.45, 7) is 4.59. The van der Waals surface area contributed by atoms with Crippen molar-refractivity contribution in [2.24, 2.45) is 0 Å². The van der Waals surface area contributed by atoms with Gasteiger partial charge in [0.05, 0.1) is 12.1 Å². The van der Waals surface area contributed by atoms with Crippen molar-refractivity contribution in [3.8, 4) is 5.75 Å². The van der Waals surface area contributed by atoms with E-state index in [2.05, 4.69) is 19.9 Å². The summed E-state index contributed by atoms with van der Waals surface area (Å²) in [7, 11) is 0. The van der Waals surface area contributed by atoms with Crippen LogP contribution < -0.4 is 4.74 Å². The second-order valence-electron chi connectivity index (χ2n) is 6.55. The summed E-state index contributed by atoms with van der Waals surface area (Å²) in [5.74, 6) is 1.45. The smallest absolute Gasteiger partial charge is 0.151 e. The molecular weight excluding hydrogens is 319 g/mol. The van der Waals surface area contributed by atoms with Gasteiger partial charge in [-0.05, 0) is 38.0 Å². The Bertz CT molecular complexity index is 871. The number of pyridine rings is 1. The Morgan fingerprint density at radius 1 is 1.28 bits per heavy atom. The number of rotatable bonds is 4. The molecule has 1 aliphatic rings. The van der Waals surface area contributed by atoms with E-state index in [-0.39, 0.29) is 11.9 Å². The third kappa shape index (κ3) is 3.49. The predicted molar refractivity (Wildman–Crippen MR) is 94.0 cm³/mol. The summed E-state index contributed by atoms with van der Waals surface area (Å²) in [6, 6.07) is 6.91. The van der Waals surface area contributed by atoms with Crippen LogP contribution in [0.2, 0.25) is 0 Å². The van der Waals surface area contributed by atoms with Crippen LogP contribution in [0.15, 0.2) is 36.7 Å². The SMILES string of the molecule is Cc1cnccc1OC1CCN(Cc2nc3c(F)cccc3[nH]2)CC1. The van der Waals surface area contributed by atoms with Crippen molar-refractivity contribution in [3.05, 3.63) is 53.9 Å². The Balaban J connectivity index is 1.35. The van der Waals surface area contributed by atoms with Gasteiger partial charge in [-0.15, -0.1) is 0 Å². The molecule has 0 amide bonds. The van der Waals surface area contributed by atoms with Crippen molar-refractivity contribution in [2.75, 3.05) is 13.1 Å². The van der Waals surface area contributed by atoms with E-state index in [1.807, 2.05) is 25.3 Å². The van der Waals surface area contributed by atoms with E-state index < -0.39 is 0 Å². The summed E-state index contributed by atoms with van der Waals surface area (Å²) < 4.78 is 19.9. The monoisotopic (exact) mass is 340 g/mol. The van der Waals surface area contributed by atoms with Crippen molar-refractivity contribution in [2.45, 2.75) is 32.4 Å². The Kier molecular flexibility index (Phi) is 4.36. The number of hydrogen-bond acceptors (Lipinski definition) is 4. The minimum Gasteiger partial charge on any atom is -0.490 e. The largest absolute Gasteiger partial charge is 0.490 e. The Morgan fingerprint density at radius 3 is 2.88 bits per heavy atom. The van der Waals surface area contributed by atoms with Crippen molar-refractivity contribution in [3.63, 3.8) is 0 Å². The van der Waals surface area contributed by atoms with E-state index >= 15 is 0 Å². The number of piperidine rings is 1. The highest BCUT2D eigenvalue weighted by molar-refractivity contribution is 5.75. The van der Waals surface area contributed by atoms with Gasteiger partial charge in [-0.2, -0.15) is 0 Å². The van der Waals surface area contributed by atoms with Gasteiger partial charge in [0.15, 0.2) is 5.82 Å². The fourth-order valence-electron chi connectivity index (χ4n) is 3.29. The highest BCUT2D eigenvalue weighted by Crippen LogP contribution is 2.22. The number of hydrogen-bond donors (Lipinski definition) is 1. The van der Waals surface area contributed by atoms with E-state index in [1.54, 1.807) is 12.3 Å². The van der Waals surface area contributed by atoms with Gasteiger partial charge in [-0.3, -0.25) is 9.88 Å². The molecule has 1 N–H and O–H groups in total. The van der Waals surface area contributed by atoms with Crippen LogP contribution >= 0.6 is 0 Å². The first-order chi connectivity index (χ1) is 12.2. The predicted octanol–water partition coefficient (Wildman–Crippen LogP) is 3.45. The summed E-state index contributed by atoms with van der Waals surface area (Å²) in [6.07, 6.45) is 5.75. The van der Waals surface area contributed by atoms with Crippen LogP contribution in [-0.2, 0) is 6.54 Å². The van der Waals surface area contributed by atoms with Crippen molar-refractivity contribution < 1.29 is 9.13 Å². The summed E-state index contributed by atoms with van der Waals surface area (Å²) >= 11 is 0. The van der Waals surface area contributed by atoms with Gasteiger partial charge in [0.25, 0.3) is 0 Å². The molecule has 0 saturated carbocycles. The van der Waals surface area contributed by atoms with Crippen LogP contribution in [0, 0.1) is 12.7 Å². The molecule has 0 atom stereocenters. The molecule has 0 radical (unpaired) electrons. The van der Waals surface area contributed by atoms with Gasteiger partial charge >= 0.3 is 0 Å². The molecule has 130 valence electrons. The van der Waals surface area contributed by atoms with Gasteiger partial charge in [0.2, 0.25) is 0 Å². The highest BCUT2D eigenvalue weighted by atomic mass is 19.1. The molecule has 25 heavy (non-hydrogen) atoms. The zero-order valence-corrected chi connectivity index (χ0v) is 14.2. The maximum atomic E-state index is 13.8. The number of halogens is 1. The minimum absolute atomic E-state index is 0.227. The average Bonchev–Trinajstić information content (AvgIpc) is 3.03. The van der Waals surface area contributed by atoms with Crippen LogP contribution in [0.3, 0.4) is 0 Å². The number of imidazole rings is 1. The van der Waals surface area contributed by atoms with Crippen LogP contribution in [0.5, 0.6) is 5.75 Å². The quantitative estimate of drug-likeness (QED) is 0.790. The first kappa shape index (κ1) is 16.0. The molecule has 1 aliphatic heterocycles. The van der Waals surface area contributed by atoms with Gasteiger partial charge in [0, 0.05) is 31.0 Å². The van der Waals surface area contributed by atoms with Gasteiger partial charge < -0.3 is 9.72 Å². The zero-order valence-electron chi connectivity index (χ0n) is 14.2. The standard InChI is InChI=1S/C19H21FN4O/c1-13-11-21-8-5-17(13)25-14-6-9-24(10-7-14)12-18-22-16-4-2-3-15(20)19(16)23-18/h2-5,8,11,14H,6-7,9-10,12H2,1H3,(H,22,23). The lowest BCUT2D eigenvalue weighted by atomic mass is 10.1. The Labute approximate surface area is 145 Å². The number of fused-ring (bicyclic) bond motifs is 1. The van der Waals surface area contributed by atoms with Crippen molar-refractivity contribution in [1.82, 2.24) is 19.9 Å². The van der Waals surface area contributed by atoms with E-state index in [0.717, 1.165) is 48.6 Å². The first-order valence-corrected chi connectivity index (χ1v) is 8.62. The lowest BCUT2D eigenvalue weighted by Gasteiger charge is -2.31. The number of para-hydroxylation sites is 1. The second-order valence-corrected chi connectivity index (χ2v) is 6.55. The number of nitrogens with one attached hydrogen (secondary N) is 1. The first-order valence-electron chi connectivity index (χ1n) is 8.62. The molecule has 6 heteroatoms. The van der Waals surface area contributed by atoms with Gasteiger partial charge in [0.1, 0.15) is 23.2 Å². The van der Waals surface area contributed by atoms with Gasteiger partial charge in [-0.25, -0.2) is 9.37 Å². The topological polar surface area (TPSA) is 54.0 Å². The van der Waals surface area contributed by atoms with E-state index in [9.17, 15) is 4.39 Å². The molecule has 3 aromatic rings. The fraction of sp³-hybridized carbons (Fsp3) is 0.368. The Morgan fingerprint density at radius 2 is 2.12 bits per heavy atom. The molecule has 1 aromatic carbocycles. The molecule has 2 aromatic heterocycles. The number of likely N-dealkylation sites (tertiary alicyclic amines) is 1. The molecule has 1 saturated heterocycles. The number of aryl methyl sites for hydroxylation is 1. The van der Waals surface area contributed by atoms with E-state index in [1.165, 1.54) is 6.07 Å². The molecule has 0 bridgehead atoms. The molecule has 4 rings (SSSR count). The lowest BCUT2D eigenvalue weighted by molar-refractivity contribution is 0.0949. The highest BCUT2D eigenvalue weighted by Gasteiger charge is 2.22. The number of ether oxygens (including phenoxy) is 1. The molecule has 0 aliphatic carbocycles. The van der Waals surface area contributed by atoms with Gasteiger partial charge in [-0.1, -0.05) is 6.07 Å².